The second-order valence-corrected chi connectivity index (χ2v) is 7.47. The topological polar surface area (TPSA) is 88.1 Å². The fourth-order valence-electron chi connectivity index (χ4n) is 2.82. The number of piperidine rings is 1. The van der Waals surface area contributed by atoms with Gasteiger partial charge in [0.05, 0.1) is 0 Å². The third kappa shape index (κ3) is 6.22. The van der Waals surface area contributed by atoms with E-state index in [9.17, 15) is 14.7 Å². The molecule has 7 heteroatoms. The van der Waals surface area contributed by atoms with E-state index >= 15 is 0 Å². The van der Waals surface area contributed by atoms with Crippen LogP contribution in [0.4, 0.5) is 9.59 Å². The molecule has 0 unspecified atom stereocenters. The second-order valence-electron chi connectivity index (χ2n) is 7.47. The lowest BCUT2D eigenvalue weighted by Gasteiger charge is -2.38. The molecule has 2 atom stereocenters. The van der Waals surface area contributed by atoms with Gasteiger partial charge in [-0.2, -0.15) is 0 Å². The van der Waals surface area contributed by atoms with Crippen LogP contribution in [0.2, 0.25) is 0 Å². The average Bonchev–Trinajstić information content (AvgIpc) is 2.59. The van der Waals surface area contributed by atoms with Crippen molar-refractivity contribution in [2.45, 2.75) is 45.4 Å². The summed E-state index contributed by atoms with van der Waals surface area (Å²) in [5.74, 6) is -0.263. The van der Waals surface area contributed by atoms with Crippen LogP contribution in [0.15, 0.2) is 30.3 Å². The van der Waals surface area contributed by atoms with Gasteiger partial charge in [0.1, 0.15) is 12.2 Å². The van der Waals surface area contributed by atoms with Crippen LogP contribution in [0.5, 0.6) is 0 Å². The number of rotatable bonds is 4. The van der Waals surface area contributed by atoms with Crippen LogP contribution in [0, 0.1) is 5.92 Å². The Morgan fingerprint density at radius 1 is 1.27 bits per heavy atom. The third-order valence-electron chi connectivity index (χ3n) is 4.14. The molecule has 144 valence electrons. The van der Waals surface area contributed by atoms with E-state index in [2.05, 4.69) is 5.32 Å². The molecule has 7 nitrogen and oxygen atoms in total. The maximum Gasteiger partial charge on any atom is 0.410 e. The summed E-state index contributed by atoms with van der Waals surface area (Å²) >= 11 is 0. The zero-order valence-corrected chi connectivity index (χ0v) is 15.6. The van der Waals surface area contributed by atoms with E-state index in [-0.39, 0.29) is 25.2 Å². The van der Waals surface area contributed by atoms with Crippen molar-refractivity contribution in [1.29, 1.82) is 0 Å². The number of likely N-dealkylation sites (tertiary alicyclic amines) is 1. The van der Waals surface area contributed by atoms with E-state index in [0.29, 0.717) is 19.5 Å². The predicted molar refractivity (Wildman–Crippen MR) is 96.6 cm³/mol. The number of hydrogen-bond donors (Lipinski definition) is 2. The first-order chi connectivity index (χ1) is 12.3. The lowest BCUT2D eigenvalue weighted by atomic mass is 9.93. The maximum absolute atomic E-state index is 12.2. The van der Waals surface area contributed by atoms with Gasteiger partial charge < -0.3 is 24.8 Å². The smallest absolute Gasteiger partial charge is 0.410 e. The molecule has 1 aromatic carbocycles. The zero-order chi connectivity index (χ0) is 19.2. The van der Waals surface area contributed by atoms with Gasteiger partial charge in [-0.1, -0.05) is 30.3 Å². The van der Waals surface area contributed by atoms with Crippen molar-refractivity contribution in [1.82, 2.24) is 10.2 Å². The number of alkyl carbamates (subject to hydrolysis) is 1. The number of nitrogens with one attached hydrogen (secondary N) is 1. The lowest BCUT2D eigenvalue weighted by molar-refractivity contribution is 0.00834. The highest BCUT2D eigenvalue weighted by Gasteiger charge is 2.34. The van der Waals surface area contributed by atoms with Gasteiger partial charge in [-0.05, 0) is 32.8 Å². The molecule has 2 rings (SSSR count). The minimum Gasteiger partial charge on any atom is -0.445 e. The quantitative estimate of drug-likeness (QED) is 0.857. The molecule has 2 N–H and O–H groups in total. The highest BCUT2D eigenvalue weighted by molar-refractivity contribution is 5.69. The van der Waals surface area contributed by atoms with Crippen LogP contribution in [0.1, 0.15) is 32.8 Å². The van der Waals surface area contributed by atoms with Crippen LogP contribution in [-0.2, 0) is 16.1 Å². The normalized spacial score (nSPS) is 20.4. The molecule has 1 aliphatic heterocycles. The van der Waals surface area contributed by atoms with Gasteiger partial charge in [0.2, 0.25) is 0 Å². The van der Waals surface area contributed by atoms with Gasteiger partial charge in [-0.15, -0.1) is 0 Å². The Morgan fingerprint density at radius 3 is 2.58 bits per heavy atom. The highest BCUT2D eigenvalue weighted by atomic mass is 16.6. The minimum absolute atomic E-state index is 0.136. The van der Waals surface area contributed by atoms with Crippen LogP contribution in [-0.4, -0.2) is 53.5 Å². The van der Waals surface area contributed by atoms with Gasteiger partial charge in [-0.3, -0.25) is 0 Å². The van der Waals surface area contributed by atoms with Crippen molar-refractivity contribution >= 4 is 12.2 Å². The van der Waals surface area contributed by atoms with Crippen LogP contribution < -0.4 is 5.32 Å². The second kappa shape index (κ2) is 8.89. The van der Waals surface area contributed by atoms with Crippen LogP contribution in [0.3, 0.4) is 0 Å². The van der Waals surface area contributed by atoms with Gasteiger partial charge in [-0.25, -0.2) is 9.59 Å². The van der Waals surface area contributed by atoms with Crippen LogP contribution >= 0.6 is 0 Å². The summed E-state index contributed by atoms with van der Waals surface area (Å²) in [7, 11) is 0. The molecule has 1 fully saturated rings. The van der Waals surface area contributed by atoms with E-state index < -0.39 is 17.8 Å². The lowest BCUT2D eigenvalue weighted by Crippen LogP contribution is -2.54. The summed E-state index contributed by atoms with van der Waals surface area (Å²) in [6, 6.07) is 9.16. The van der Waals surface area contributed by atoms with E-state index in [0.717, 1.165) is 5.56 Å². The molecule has 0 spiro atoms. The van der Waals surface area contributed by atoms with E-state index in [4.69, 9.17) is 9.47 Å². The Kier molecular flexibility index (Phi) is 6.85. The van der Waals surface area contributed by atoms with E-state index in [1.54, 1.807) is 4.90 Å². The van der Waals surface area contributed by atoms with Crippen molar-refractivity contribution in [2.24, 2.45) is 5.92 Å². The van der Waals surface area contributed by atoms with Gasteiger partial charge in [0, 0.05) is 31.7 Å². The summed E-state index contributed by atoms with van der Waals surface area (Å²) in [5.41, 5.74) is 0.336. The summed E-state index contributed by atoms with van der Waals surface area (Å²) in [4.78, 5) is 25.8. The molecule has 0 bridgehead atoms. The Balaban J connectivity index is 1.83. The molecule has 26 heavy (non-hydrogen) atoms. The minimum atomic E-state index is -0.567. The largest absolute Gasteiger partial charge is 0.445 e. The van der Waals surface area contributed by atoms with Crippen molar-refractivity contribution < 1.29 is 24.2 Å². The number of hydrogen-bond acceptors (Lipinski definition) is 5. The molecule has 1 heterocycles. The monoisotopic (exact) mass is 364 g/mol. The van der Waals surface area contributed by atoms with Crippen molar-refractivity contribution in [3.05, 3.63) is 35.9 Å². The molecular weight excluding hydrogens is 336 g/mol. The summed E-state index contributed by atoms with van der Waals surface area (Å²) in [6.45, 7) is 6.27. The number of carbonyl (C=O) groups excluding carboxylic acids is 2. The molecule has 0 aromatic heterocycles. The highest BCUT2D eigenvalue weighted by Crippen LogP contribution is 2.20. The zero-order valence-electron chi connectivity index (χ0n) is 15.6. The predicted octanol–water partition coefficient (Wildman–Crippen LogP) is 2.53. The van der Waals surface area contributed by atoms with E-state index in [1.165, 1.54) is 0 Å². The molecule has 2 amide bonds. The molecule has 0 saturated carbocycles. The first-order valence-corrected chi connectivity index (χ1v) is 8.84. The molecule has 0 radical (unpaired) electrons. The number of nitrogens with zero attached hydrogens (tertiary/aromatic N) is 1. The summed E-state index contributed by atoms with van der Waals surface area (Å²) in [6.07, 6.45) is -0.394. The average molecular weight is 364 g/mol. The first kappa shape index (κ1) is 20.0. The summed E-state index contributed by atoms with van der Waals surface area (Å²) < 4.78 is 10.6. The SMILES string of the molecule is CC(C)(C)OC(=O)N1CC[C@H](NC(=O)OCc2ccccc2)[C@H](CO)C1. The Hall–Kier alpha value is -2.28. The van der Waals surface area contributed by atoms with Crippen molar-refractivity contribution in [2.75, 3.05) is 19.7 Å². The number of ether oxygens (including phenoxy) is 2. The van der Waals surface area contributed by atoms with Crippen molar-refractivity contribution in [3.63, 3.8) is 0 Å². The number of aliphatic hydroxyl groups excluding tert-OH is 1. The molecule has 1 aromatic rings. The number of benzene rings is 1. The fourth-order valence-corrected chi connectivity index (χ4v) is 2.82. The fraction of sp³-hybridized carbons (Fsp3) is 0.579. The maximum atomic E-state index is 12.2. The van der Waals surface area contributed by atoms with E-state index in [1.807, 2.05) is 51.1 Å². The standard InChI is InChI=1S/C19H28N2O5/c1-19(2,3)26-18(24)21-10-9-16(15(11-21)12-22)20-17(23)25-13-14-7-5-4-6-8-14/h4-8,15-16,22H,9-13H2,1-3H3,(H,20,23)/t15-,16-/m0/s1. The molecular formula is C19H28N2O5. The molecule has 1 aliphatic rings. The number of aliphatic hydroxyl groups is 1. The Morgan fingerprint density at radius 2 is 1.96 bits per heavy atom. The summed E-state index contributed by atoms with van der Waals surface area (Å²) in [5, 5.41) is 12.4. The third-order valence-corrected chi connectivity index (χ3v) is 4.14. The Bertz CT molecular complexity index is 600. The first-order valence-electron chi connectivity index (χ1n) is 8.84. The Labute approximate surface area is 154 Å². The van der Waals surface area contributed by atoms with Gasteiger partial charge in [0.25, 0.3) is 0 Å². The van der Waals surface area contributed by atoms with Crippen molar-refractivity contribution in [3.8, 4) is 0 Å². The van der Waals surface area contributed by atoms with Gasteiger partial charge >= 0.3 is 12.2 Å². The van der Waals surface area contributed by atoms with Gasteiger partial charge in [0.15, 0.2) is 0 Å². The number of carbonyl (C=O) groups is 2. The number of amides is 2. The molecule has 1 saturated heterocycles. The molecule has 0 aliphatic carbocycles. The van der Waals surface area contributed by atoms with Crippen LogP contribution in [0.25, 0.3) is 0 Å².